The van der Waals surface area contributed by atoms with Gasteiger partial charge in [-0.2, -0.15) is 0 Å². The van der Waals surface area contributed by atoms with Gasteiger partial charge >= 0.3 is 6.02 Å². The lowest BCUT2D eigenvalue weighted by Gasteiger charge is -2.26. The molecule has 1 aliphatic carbocycles. The van der Waals surface area contributed by atoms with E-state index in [4.69, 9.17) is 14.5 Å². The molecule has 2 fully saturated rings. The first-order chi connectivity index (χ1) is 18.6. The van der Waals surface area contributed by atoms with Crippen LogP contribution in [0.3, 0.4) is 0 Å². The smallest absolute Gasteiger partial charge is 0.300 e. The first-order valence-electron chi connectivity index (χ1n) is 13.5. The van der Waals surface area contributed by atoms with Crippen molar-refractivity contribution in [1.82, 2.24) is 4.90 Å². The number of aryl methyl sites for hydroxylation is 1. The molecule has 0 atom stereocenters. The number of anilines is 3. The maximum atomic E-state index is 13.1. The Labute approximate surface area is 225 Å². The van der Waals surface area contributed by atoms with Crippen molar-refractivity contribution in [2.24, 2.45) is 4.99 Å². The molecule has 0 bridgehead atoms. The van der Waals surface area contributed by atoms with Gasteiger partial charge < -0.3 is 14.4 Å². The van der Waals surface area contributed by atoms with E-state index in [1.807, 2.05) is 49.4 Å². The van der Waals surface area contributed by atoms with Gasteiger partial charge in [0.25, 0.3) is 5.91 Å². The number of ether oxygens (including phenoxy) is 2. The first-order valence-corrected chi connectivity index (χ1v) is 13.5. The van der Waals surface area contributed by atoms with Crippen LogP contribution in [0.1, 0.15) is 50.2 Å². The third kappa shape index (κ3) is 5.59. The van der Waals surface area contributed by atoms with Crippen molar-refractivity contribution >= 4 is 35.1 Å². The standard InChI is InChI=1S/C32H35N3O3/c1-4-34-31(36)30(38-32(34)33-25-8-6-5-7-9-25)22-24-12-16-27(17-13-24)35(26-14-10-23(2)11-15-26)28-18-20-29(37-3)21-19-28/h10-22,25H,4-9H2,1-3H3/b30-22+,33-32+. The maximum absolute atomic E-state index is 13.1. The molecule has 0 unspecified atom stereocenters. The third-order valence-corrected chi connectivity index (χ3v) is 7.14. The summed E-state index contributed by atoms with van der Waals surface area (Å²) < 4.78 is 11.4. The summed E-state index contributed by atoms with van der Waals surface area (Å²) in [6.07, 6.45) is 7.57. The van der Waals surface area contributed by atoms with E-state index in [0.717, 1.165) is 41.2 Å². The molecular weight excluding hydrogens is 474 g/mol. The molecule has 1 saturated heterocycles. The average molecular weight is 510 g/mol. The first kappa shape index (κ1) is 25.6. The molecule has 196 valence electrons. The Hall–Kier alpha value is -4.06. The average Bonchev–Trinajstić information content (AvgIpc) is 3.24. The lowest BCUT2D eigenvalue weighted by Crippen LogP contribution is -2.30. The van der Waals surface area contributed by atoms with Crippen molar-refractivity contribution in [3.63, 3.8) is 0 Å². The summed E-state index contributed by atoms with van der Waals surface area (Å²) in [7, 11) is 1.67. The highest BCUT2D eigenvalue weighted by Gasteiger charge is 2.34. The number of amidine groups is 1. The normalized spacial score (nSPS) is 18.2. The lowest BCUT2D eigenvalue weighted by molar-refractivity contribution is -0.122. The van der Waals surface area contributed by atoms with Gasteiger partial charge in [-0.15, -0.1) is 0 Å². The molecule has 38 heavy (non-hydrogen) atoms. The van der Waals surface area contributed by atoms with Crippen molar-refractivity contribution < 1.29 is 14.3 Å². The van der Waals surface area contributed by atoms with E-state index < -0.39 is 0 Å². The van der Waals surface area contributed by atoms with Crippen LogP contribution in [0.5, 0.6) is 5.75 Å². The van der Waals surface area contributed by atoms with Crippen LogP contribution in [0, 0.1) is 6.92 Å². The number of carbonyl (C=O) groups excluding carboxylic acids is 1. The minimum absolute atomic E-state index is 0.134. The zero-order valence-corrected chi connectivity index (χ0v) is 22.4. The fourth-order valence-electron chi connectivity index (χ4n) is 4.99. The fraction of sp³-hybridized carbons (Fsp3) is 0.312. The zero-order valence-electron chi connectivity index (χ0n) is 22.4. The van der Waals surface area contributed by atoms with Crippen molar-refractivity contribution in [2.45, 2.75) is 52.0 Å². The molecule has 6 nitrogen and oxygen atoms in total. The molecule has 1 amide bonds. The molecule has 0 aromatic heterocycles. The Morgan fingerprint density at radius 1 is 0.921 bits per heavy atom. The summed E-state index contributed by atoms with van der Waals surface area (Å²) in [6.45, 7) is 4.57. The molecule has 1 heterocycles. The topological polar surface area (TPSA) is 54.4 Å². The Kier molecular flexibility index (Phi) is 7.78. The highest BCUT2D eigenvalue weighted by Crippen LogP contribution is 2.36. The summed E-state index contributed by atoms with van der Waals surface area (Å²) in [6, 6.07) is 25.3. The van der Waals surface area contributed by atoms with E-state index in [-0.39, 0.29) is 11.9 Å². The van der Waals surface area contributed by atoms with Gasteiger partial charge in [0.2, 0.25) is 0 Å². The molecule has 1 aliphatic heterocycles. The monoisotopic (exact) mass is 509 g/mol. The highest BCUT2D eigenvalue weighted by molar-refractivity contribution is 6.11. The minimum atomic E-state index is -0.134. The predicted molar refractivity (Wildman–Crippen MR) is 153 cm³/mol. The Morgan fingerprint density at radius 2 is 1.50 bits per heavy atom. The molecule has 6 heteroatoms. The van der Waals surface area contributed by atoms with E-state index in [0.29, 0.717) is 18.3 Å². The second-order valence-electron chi connectivity index (χ2n) is 9.82. The molecule has 2 aliphatic rings. The zero-order chi connectivity index (χ0) is 26.5. The van der Waals surface area contributed by atoms with Gasteiger partial charge in [0, 0.05) is 23.6 Å². The summed E-state index contributed by atoms with van der Waals surface area (Å²) in [5, 5.41) is 0. The van der Waals surface area contributed by atoms with E-state index in [9.17, 15) is 4.79 Å². The largest absolute Gasteiger partial charge is 0.497 e. The number of nitrogens with zero attached hydrogens (tertiary/aromatic N) is 3. The lowest BCUT2D eigenvalue weighted by atomic mass is 9.96. The van der Waals surface area contributed by atoms with Crippen LogP contribution >= 0.6 is 0 Å². The summed E-state index contributed by atoms with van der Waals surface area (Å²) in [5.74, 6) is 0.999. The maximum Gasteiger partial charge on any atom is 0.300 e. The van der Waals surface area contributed by atoms with Gasteiger partial charge in [-0.25, -0.2) is 4.99 Å². The van der Waals surface area contributed by atoms with Gasteiger partial charge in [0.1, 0.15) is 5.75 Å². The highest BCUT2D eigenvalue weighted by atomic mass is 16.5. The number of aliphatic imine (C=N–C) groups is 1. The van der Waals surface area contributed by atoms with Crippen molar-refractivity contribution in [1.29, 1.82) is 0 Å². The molecular formula is C32H35N3O3. The molecule has 0 spiro atoms. The number of hydrogen-bond acceptors (Lipinski definition) is 5. The molecule has 5 rings (SSSR count). The van der Waals surface area contributed by atoms with Crippen LogP contribution in [0.4, 0.5) is 17.1 Å². The van der Waals surface area contributed by atoms with Crippen molar-refractivity contribution in [2.75, 3.05) is 18.6 Å². The van der Waals surface area contributed by atoms with Gasteiger partial charge in [-0.1, -0.05) is 49.1 Å². The van der Waals surface area contributed by atoms with Crippen LogP contribution in [0.15, 0.2) is 83.5 Å². The Morgan fingerprint density at radius 3 is 2.08 bits per heavy atom. The molecule has 3 aromatic carbocycles. The Bertz CT molecular complexity index is 1310. The van der Waals surface area contributed by atoms with Gasteiger partial charge in [0.15, 0.2) is 5.76 Å². The quantitative estimate of drug-likeness (QED) is 0.312. The second kappa shape index (κ2) is 11.5. The predicted octanol–water partition coefficient (Wildman–Crippen LogP) is 7.38. The van der Waals surface area contributed by atoms with Crippen LogP contribution in [0.2, 0.25) is 0 Å². The summed E-state index contributed by atoms with van der Waals surface area (Å²) in [4.78, 5) is 21.7. The number of hydrogen-bond donors (Lipinski definition) is 0. The number of amides is 1. The van der Waals surface area contributed by atoms with Gasteiger partial charge in [-0.3, -0.25) is 9.69 Å². The van der Waals surface area contributed by atoms with Crippen LogP contribution in [0.25, 0.3) is 6.08 Å². The number of carbonyl (C=O) groups is 1. The molecule has 0 radical (unpaired) electrons. The third-order valence-electron chi connectivity index (χ3n) is 7.14. The SMILES string of the molecule is CCN1C(=O)/C(=C\c2ccc(N(c3ccc(C)cc3)c3ccc(OC)cc3)cc2)O/C1=N/C1CCCCC1. The molecule has 1 saturated carbocycles. The number of methoxy groups -OCH3 is 1. The van der Waals surface area contributed by atoms with Gasteiger partial charge in [0.05, 0.1) is 13.2 Å². The second-order valence-corrected chi connectivity index (χ2v) is 9.82. The molecule has 0 N–H and O–H groups in total. The number of benzene rings is 3. The van der Waals surface area contributed by atoms with E-state index in [2.05, 4.69) is 48.2 Å². The van der Waals surface area contributed by atoms with Crippen LogP contribution < -0.4 is 9.64 Å². The van der Waals surface area contributed by atoms with E-state index >= 15 is 0 Å². The molecule has 3 aromatic rings. The number of likely N-dealkylation sites (N-methyl/N-ethyl adjacent to an activating group) is 1. The Balaban J connectivity index is 1.41. The summed E-state index contributed by atoms with van der Waals surface area (Å²) >= 11 is 0. The fourth-order valence-corrected chi connectivity index (χ4v) is 4.99. The number of rotatable bonds is 7. The van der Waals surface area contributed by atoms with Crippen LogP contribution in [-0.4, -0.2) is 36.5 Å². The van der Waals surface area contributed by atoms with E-state index in [1.165, 1.54) is 24.8 Å². The minimum Gasteiger partial charge on any atom is -0.497 e. The summed E-state index contributed by atoms with van der Waals surface area (Å²) in [5.41, 5.74) is 5.19. The van der Waals surface area contributed by atoms with Crippen molar-refractivity contribution in [3.8, 4) is 5.75 Å². The van der Waals surface area contributed by atoms with Crippen LogP contribution in [-0.2, 0) is 9.53 Å². The van der Waals surface area contributed by atoms with Crippen molar-refractivity contribution in [3.05, 3.63) is 89.7 Å². The van der Waals surface area contributed by atoms with Gasteiger partial charge in [-0.05, 0) is 86.9 Å². The van der Waals surface area contributed by atoms with E-state index in [1.54, 1.807) is 12.0 Å².